The van der Waals surface area contributed by atoms with Gasteiger partial charge in [0.05, 0.1) is 96.6 Å². The Labute approximate surface area is 645 Å². The summed E-state index contributed by atoms with van der Waals surface area (Å²) < 4.78 is 91.7. The van der Waals surface area contributed by atoms with E-state index in [9.17, 15) is 96.7 Å². The molecule has 9 rings (SSSR count). The summed E-state index contributed by atoms with van der Waals surface area (Å²) in [7, 11) is 0. The van der Waals surface area contributed by atoms with Gasteiger partial charge >= 0.3 is 18.3 Å². The Morgan fingerprint density at radius 3 is 1.11 bits per heavy atom. The van der Waals surface area contributed by atoms with Gasteiger partial charge in [-0.25, -0.2) is 4.79 Å². The number of benzene rings is 1. The molecule has 0 radical (unpaired) electrons. The molecule has 0 spiro atoms. The summed E-state index contributed by atoms with van der Waals surface area (Å²) in [6.45, 7) is 4.05. The van der Waals surface area contributed by atoms with Crippen molar-refractivity contribution in [2.75, 3.05) is 105 Å². The monoisotopic (exact) mass is 1650 g/mol. The zero-order valence-corrected chi connectivity index (χ0v) is 61.2. The molecule has 52 nitrogen and oxygen atoms in total. The number of nitrogens with zero attached hydrogens (tertiary/aromatic N) is 12. The van der Waals surface area contributed by atoms with E-state index < -0.39 is 203 Å². The normalized spacial score (nSPS) is 39.0. The number of carbonyl (C=O) groups is 1. The highest BCUT2D eigenvalue weighted by molar-refractivity contribution is 5.89. The molecule has 0 saturated carbocycles. The van der Waals surface area contributed by atoms with Gasteiger partial charge in [0, 0.05) is 63.6 Å². The number of hydrogen-bond donors (Lipinski definition) is 18. The number of aliphatic hydroxyl groups excluding tert-OH is 18. The molecular weight excluding hydrogens is 1550 g/mol. The summed E-state index contributed by atoms with van der Waals surface area (Å²) >= 11 is 0. The third-order valence-electron chi connectivity index (χ3n) is 17.8. The third-order valence-corrected chi connectivity index (χ3v) is 17.8. The van der Waals surface area contributed by atoms with E-state index in [-0.39, 0.29) is 129 Å². The van der Waals surface area contributed by atoms with Gasteiger partial charge in [-0.05, 0) is 34.3 Å². The van der Waals surface area contributed by atoms with Gasteiger partial charge in [0.15, 0.2) is 50.3 Å². The zero-order chi connectivity index (χ0) is 84.7. The van der Waals surface area contributed by atoms with E-state index in [2.05, 4.69) is 40.1 Å². The average molecular weight is 1650 g/mol. The van der Waals surface area contributed by atoms with Crippen molar-refractivity contribution in [1.29, 1.82) is 0 Å². The first-order valence-electron chi connectivity index (χ1n) is 35.0. The van der Waals surface area contributed by atoms with Crippen LogP contribution in [0.2, 0.25) is 0 Å². The van der Waals surface area contributed by atoms with E-state index >= 15 is 0 Å². The largest absolute Gasteiger partial charge is 0.459 e. The van der Waals surface area contributed by atoms with Gasteiger partial charge in [-0.1, -0.05) is 59.4 Å². The summed E-state index contributed by atoms with van der Waals surface area (Å²) in [5.74, 6) is -1.25. The lowest BCUT2D eigenvalue weighted by Gasteiger charge is -2.46. The van der Waals surface area contributed by atoms with Crippen molar-refractivity contribution in [2.24, 2.45) is 38.2 Å². The minimum atomic E-state index is -1.63. The molecule has 18 N–H and O–H groups in total. The Bertz CT molecular complexity index is 3100. The lowest BCUT2D eigenvalue weighted by atomic mass is 9.85. The molecule has 8 aliphatic heterocycles. The number of aliphatic hydroxyl groups is 18. The van der Waals surface area contributed by atoms with E-state index in [1.54, 1.807) is 31.2 Å². The van der Waals surface area contributed by atoms with Crippen molar-refractivity contribution in [1.82, 2.24) is 0 Å². The van der Waals surface area contributed by atoms with Crippen LogP contribution in [0.4, 0.5) is 0 Å². The molecule has 34 atom stereocenters. The fourth-order valence-corrected chi connectivity index (χ4v) is 11.6. The van der Waals surface area contributed by atoms with Gasteiger partial charge < -0.3 is 172 Å². The van der Waals surface area contributed by atoms with Crippen LogP contribution in [0.15, 0.2) is 50.8 Å². The molecule has 0 amide bonds. The Balaban J connectivity index is 0.000000316. The van der Waals surface area contributed by atoms with Gasteiger partial charge in [-0.2, -0.15) is 19.2 Å². The molecule has 52 heteroatoms. The molecule has 1 aromatic rings. The minimum absolute atomic E-state index is 0.0118. The number of ether oxygens (including phenoxy) is 17. The quantitative estimate of drug-likeness (QED) is 0.0122. The fraction of sp³-hybridized carbons (Fsp3) is 0.855. The fourth-order valence-electron chi connectivity index (χ4n) is 11.6. The summed E-state index contributed by atoms with van der Waals surface area (Å²) in [4.78, 5) is 55.3. The Kier molecular flexibility index (Phi) is 46.3. The van der Waals surface area contributed by atoms with E-state index in [4.69, 9.17) is 122 Å². The van der Waals surface area contributed by atoms with Crippen LogP contribution < -0.4 is 0 Å². The minimum Gasteiger partial charge on any atom is -0.459 e. The maximum atomic E-state index is 12.4. The van der Waals surface area contributed by atoms with Crippen molar-refractivity contribution >= 4 is 18.3 Å². The van der Waals surface area contributed by atoms with Crippen LogP contribution in [-0.4, -0.2) is 406 Å². The second kappa shape index (κ2) is 52.9. The van der Waals surface area contributed by atoms with Gasteiger partial charge in [-0.15, -0.1) is 0 Å². The smallest absolute Gasteiger partial charge is 0.373 e. The van der Waals surface area contributed by atoms with E-state index in [1.807, 2.05) is 19.9 Å². The second-order valence-corrected chi connectivity index (χ2v) is 25.7. The van der Waals surface area contributed by atoms with Crippen molar-refractivity contribution < 1.29 is 196 Å². The van der Waals surface area contributed by atoms with Crippen molar-refractivity contribution in [3.8, 4) is 0 Å². The van der Waals surface area contributed by atoms with E-state index in [0.29, 0.717) is 5.56 Å². The van der Waals surface area contributed by atoms with Crippen LogP contribution in [0.3, 0.4) is 0 Å². The highest BCUT2D eigenvalue weighted by Gasteiger charge is 2.52. The van der Waals surface area contributed by atoms with Gasteiger partial charge in [-0.3, -0.25) is 0 Å². The molecule has 114 heavy (non-hydrogen) atoms. The Morgan fingerprint density at radius 1 is 0.395 bits per heavy atom. The molecule has 8 heterocycles. The summed E-state index contributed by atoms with van der Waals surface area (Å²) in [5.41, 5.74) is 33.5. The van der Waals surface area contributed by atoms with Crippen molar-refractivity contribution in [2.45, 2.75) is 211 Å². The highest BCUT2D eigenvalue weighted by atomic mass is 16.8. The molecule has 0 aliphatic carbocycles. The number of carbonyl (C=O) groups excluding carboxylic acids is 5. The zero-order valence-electron chi connectivity index (χ0n) is 61.2. The standard InChI is InChI=1S/C23H33N3O8.C13H23N3O10.2C12H21N3O9.2CO2/c1-13-11-32-23(19(28)18(13)27)34-20-14(2)17(12-31-21(29)16-7-5-4-6-8-16)33-22(15(20)3)30-10-9-25-26-24;14-16-15-1-2-23-13-10(22)11(8(20)6(3-17)25-13)26-12-9(21)7(19)5(18)4-24-12;2*13-15-14-1-2-21-11-9(20)10(6(17)4-22-11)24-12-8(19)7(18)5(16)3-23-12;2*2-1-3/h4-8,13-15,17-20,22-23,27-28H,9-12H2,1-3H3;5-13,17-22H,1-4H2;2*5-12,16-20H,1-4H2;;/t13-,14-,15?,17?,18+,19?,20+,22-,23-;5-,6?,7+,8-,9?,10?,11+,12-,13-;2*5-,6-,7+,8?,9?,10+,11-,12-;;/m1111../s1. The molecule has 8 saturated heterocycles. The van der Waals surface area contributed by atoms with Gasteiger partial charge in [0.2, 0.25) is 0 Å². The molecule has 646 valence electrons. The molecule has 1 aromatic carbocycles. The highest BCUT2D eigenvalue weighted by Crippen LogP contribution is 2.37. The number of azide groups is 4. The van der Waals surface area contributed by atoms with Crippen LogP contribution in [-0.2, 0) is 99.7 Å². The van der Waals surface area contributed by atoms with E-state index in [1.165, 1.54) is 0 Å². The SMILES string of the molecule is CC1[C@H](OCCN=[N+]=[N-])OC(COC(=O)c2ccccc2)[C@@H](C)[C@@H]1O[C@H]1OC[C@@H](C)[C@H](O)C1O.O=C=O.O=C=O.[N-]=[N+]=NCCO[C@@H]1OC(CO)[C@@H](O)[C@H](O[C@H]2OC[C@@H](O)[C@H](O)C2O)C1O.[N-]=[N+]=NCCO[C@@H]1OC[C@@H](O)[C@H](O[C@H]2OC[C@@H](O)[C@H](O)C2O)C1O.[N-]=[N+]=NCCO[C@@H]1OC[C@@H](O)[C@H](O[C@H]2OC[C@@H](O)[C@H](O)C2O)C1O. The Hall–Kier alpha value is -6.67. The summed E-state index contributed by atoms with van der Waals surface area (Å²) in [5, 5.41) is 191. The first-order valence-corrected chi connectivity index (χ1v) is 35.0. The maximum absolute atomic E-state index is 12.4. The predicted molar refractivity (Wildman–Crippen MR) is 359 cm³/mol. The molecule has 8 aliphatic rings. The summed E-state index contributed by atoms with van der Waals surface area (Å²) in [6, 6.07) is 8.64. The molecule has 8 fully saturated rings. The van der Waals surface area contributed by atoms with Crippen LogP contribution in [0.1, 0.15) is 31.1 Å². The van der Waals surface area contributed by atoms with Gasteiger partial charge in [0.1, 0.15) is 129 Å². The van der Waals surface area contributed by atoms with Crippen molar-refractivity contribution in [3.63, 3.8) is 0 Å². The summed E-state index contributed by atoms with van der Waals surface area (Å²) in [6.07, 6.45) is -38.6. The molecular formula is C62H98N12O40. The lowest BCUT2D eigenvalue weighted by molar-refractivity contribution is -0.348. The van der Waals surface area contributed by atoms with Crippen LogP contribution in [0, 0.1) is 17.8 Å². The predicted octanol–water partition coefficient (Wildman–Crippen LogP) is -7.89. The van der Waals surface area contributed by atoms with E-state index in [0.717, 1.165) is 0 Å². The van der Waals surface area contributed by atoms with Crippen LogP contribution in [0.25, 0.3) is 41.8 Å². The number of hydrogen-bond acceptors (Lipinski definition) is 44. The second-order valence-electron chi connectivity index (χ2n) is 25.7. The maximum Gasteiger partial charge on any atom is 0.373 e. The van der Waals surface area contributed by atoms with Gasteiger partial charge in [0.25, 0.3) is 0 Å². The first-order chi connectivity index (χ1) is 54.5. The molecule has 0 aromatic heterocycles. The Morgan fingerprint density at radius 2 is 0.719 bits per heavy atom. The average Bonchev–Trinajstić information content (AvgIpc) is 0.808. The number of rotatable bonds is 28. The van der Waals surface area contributed by atoms with Crippen LogP contribution in [0.5, 0.6) is 0 Å². The van der Waals surface area contributed by atoms with Crippen molar-refractivity contribution in [3.05, 3.63) is 77.7 Å². The third kappa shape index (κ3) is 30.4. The topological polar surface area (TPSA) is 801 Å². The lowest BCUT2D eigenvalue weighted by Crippen LogP contribution is -2.63. The molecule has 10 unspecified atom stereocenters. The molecule has 0 bridgehead atoms. The van der Waals surface area contributed by atoms with Crippen LogP contribution >= 0.6 is 0 Å². The first kappa shape index (κ1) is 99.7. The number of esters is 1.